The van der Waals surface area contributed by atoms with E-state index >= 15 is 0 Å². The maximum absolute atomic E-state index is 12.5. The van der Waals surface area contributed by atoms with Crippen LogP contribution >= 0.6 is 0 Å². The van der Waals surface area contributed by atoms with Crippen LogP contribution in [0.2, 0.25) is 0 Å². The van der Waals surface area contributed by atoms with Crippen LogP contribution in [0.5, 0.6) is 0 Å². The number of morpholine rings is 1. The van der Waals surface area contributed by atoms with Crippen LogP contribution in [0.25, 0.3) is 0 Å². The van der Waals surface area contributed by atoms with Crippen LogP contribution in [-0.2, 0) is 9.53 Å². The lowest BCUT2D eigenvalue weighted by atomic mass is 9.90. The highest BCUT2D eigenvalue weighted by Gasteiger charge is 2.42. The first-order valence-corrected chi connectivity index (χ1v) is 8.67. The molecule has 1 amide bonds. The van der Waals surface area contributed by atoms with Gasteiger partial charge < -0.3 is 14.5 Å². The van der Waals surface area contributed by atoms with Crippen molar-refractivity contribution in [1.29, 1.82) is 0 Å². The lowest BCUT2D eigenvalue weighted by Crippen LogP contribution is -2.61. The molecule has 1 aliphatic carbocycles. The Balaban J connectivity index is 1.44. The summed E-state index contributed by atoms with van der Waals surface area (Å²) < 4.78 is 6.18. The normalized spacial score (nSPS) is 28.2. The number of hydrogen-bond donors (Lipinski definition) is 0. The van der Waals surface area contributed by atoms with E-state index in [4.69, 9.17) is 4.74 Å². The summed E-state index contributed by atoms with van der Waals surface area (Å²) >= 11 is 0. The molecular weight excluding hydrogens is 292 g/mol. The minimum absolute atomic E-state index is 0.243. The van der Waals surface area contributed by atoms with Crippen molar-refractivity contribution in [2.45, 2.75) is 37.7 Å². The van der Waals surface area contributed by atoms with E-state index in [1.165, 1.54) is 12.8 Å². The van der Waals surface area contributed by atoms with Gasteiger partial charge in [-0.2, -0.15) is 0 Å². The summed E-state index contributed by atoms with van der Waals surface area (Å²) in [5, 5.41) is 0. The molecule has 3 aliphatic rings. The zero-order valence-electron chi connectivity index (χ0n) is 13.5. The monoisotopic (exact) mass is 316 g/mol. The summed E-state index contributed by atoms with van der Waals surface area (Å²) in [6.45, 7) is 3.86. The molecule has 2 saturated heterocycles. The lowest BCUT2D eigenvalue weighted by Gasteiger charge is -2.48. The highest BCUT2D eigenvalue weighted by Crippen LogP contribution is 2.35. The minimum atomic E-state index is -0.243. The van der Waals surface area contributed by atoms with Crippen LogP contribution in [-0.4, -0.2) is 59.2 Å². The average molecular weight is 316 g/mol. The van der Waals surface area contributed by atoms with E-state index in [2.05, 4.69) is 14.9 Å². The van der Waals surface area contributed by atoms with E-state index < -0.39 is 0 Å². The first-order chi connectivity index (χ1) is 11.2. The first-order valence-electron chi connectivity index (χ1n) is 8.67. The van der Waals surface area contributed by atoms with Gasteiger partial charge in [-0.1, -0.05) is 0 Å². The third-order valence-corrected chi connectivity index (χ3v) is 5.17. The van der Waals surface area contributed by atoms with E-state index in [9.17, 15) is 4.79 Å². The molecule has 4 rings (SSSR count). The SMILES string of the molecule is O=C(CC1CC1)N1CCOC2(CCCN(c3cnccn3)C2)C1. The molecule has 2 aliphatic heterocycles. The van der Waals surface area contributed by atoms with Gasteiger partial charge in [0.25, 0.3) is 0 Å². The molecule has 1 saturated carbocycles. The van der Waals surface area contributed by atoms with Gasteiger partial charge in [-0.05, 0) is 31.6 Å². The van der Waals surface area contributed by atoms with Gasteiger partial charge in [-0.3, -0.25) is 9.78 Å². The second kappa shape index (κ2) is 6.07. The Bertz CT molecular complexity index is 559. The predicted molar refractivity (Wildman–Crippen MR) is 86.1 cm³/mol. The lowest BCUT2D eigenvalue weighted by molar-refractivity contribution is -0.152. The molecule has 1 atom stereocenters. The second-order valence-electron chi connectivity index (χ2n) is 7.08. The Kier molecular flexibility index (Phi) is 3.93. The Morgan fingerprint density at radius 3 is 3.00 bits per heavy atom. The molecule has 1 aromatic rings. The minimum Gasteiger partial charge on any atom is -0.369 e. The maximum Gasteiger partial charge on any atom is 0.223 e. The highest BCUT2D eigenvalue weighted by molar-refractivity contribution is 5.77. The van der Waals surface area contributed by atoms with Gasteiger partial charge in [0.1, 0.15) is 11.4 Å². The maximum atomic E-state index is 12.5. The van der Waals surface area contributed by atoms with Crippen molar-refractivity contribution >= 4 is 11.7 Å². The van der Waals surface area contributed by atoms with Crippen LogP contribution in [0.4, 0.5) is 5.82 Å². The summed E-state index contributed by atoms with van der Waals surface area (Å²) in [5.74, 6) is 1.85. The van der Waals surface area contributed by atoms with Gasteiger partial charge in [0.15, 0.2) is 0 Å². The van der Waals surface area contributed by atoms with Crippen molar-refractivity contribution in [3.05, 3.63) is 18.6 Å². The average Bonchev–Trinajstić information content (AvgIpc) is 3.40. The van der Waals surface area contributed by atoms with Gasteiger partial charge in [0.2, 0.25) is 5.91 Å². The van der Waals surface area contributed by atoms with E-state index in [1.807, 2.05) is 4.90 Å². The summed E-state index contributed by atoms with van der Waals surface area (Å²) in [4.78, 5) is 25.3. The fraction of sp³-hybridized carbons (Fsp3) is 0.706. The fourth-order valence-electron chi connectivity index (χ4n) is 3.75. The number of hydrogen-bond acceptors (Lipinski definition) is 5. The topological polar surface area (TPSA) is 58.6 Å². The molecule has 3 fully saturated rings. The van der Waals surface area contributed by atoms with Crippen molar-refractivity contribution < 1.29 is 9.53 Å². The smallest absolute Gasteiger partial charge is 0.223 e. The summed E-state index contributed by atoms with van der Waals surface area (Å²) in [5.41, 5.74) is -0.243. The number of amides is 1. The molecule has 1 aromatic heterocycles. The number of nitrogens with zero attached hydrogens (tertiary/aromatic N) is 4. The molecule has 0 radical (unpaired) electrons. The Morgan fingerprint density at radius 2 is 2.22 bits per heavy atom. The number of aromatic nitrogens is 2. The van der Waals surface area contributed by atoms with Gasteiger partial charge in [-0.25, -0.2) is 4.98 Å². The molecule has 23 heavy (non-hydrogen) atoms. The van der Waals surface area contributed by atoms with Gasteiger partial charge in [0, 0.05) is 31.9 Å². The molecule has 3 heterocycles. The molecule has 0 aromatic carbocycles. The van der Waals surface area contributed by atoms with E-state index in [-0.39, 0.29) is 5.60 Å². The van der Waals surface area contributed by atoms with Crippen LogP contribution in [0.15, 0.2) is 18.6 Å². The number of carbonyl (C=O) groups is 1. The first kappa shape index (κ1) is 14.9. The third-order valence-electron chi connectivity index (χ3n) is 5.17. The van der Waals surface area contributed by atoms with Crippen molar-refractivity contribution in [2.75, 3.05) is 37.7 Å². The largest absolute Gasteiger partial charge is 0.369 e. The Morgan fingerprint density at radius 1 is 1.30 bits per heavy atom. The number of rotatable bonds is 3. The summed E-state index contributed by atoms with van der Waals surface area (Å²) in [7, 11) is 0. The highest BCUT2D eigenvalue weighted by atomic mass is 16.5. The molecule has 6 nitrogen and oxygen atoms in total. The zero-order valence-corrected chi connectivity index (χ0v) is 13.5. The van der Waals surface area contributed by atoms with Crippen molar-refractivity contribution in [3.63, 3.8) is 0 Å². The molecule has 1 spiro atoms. The van der Waals surface area contributed by atoms with E-state index in [0.717, 1.165) is 51.3 Å². The molecular formula is C17H24N4O2. The van der Waals surface area contributed by atoms with Crippen LogP contribution in [0.1, 0.15) is 32.1 Å². The quantitative estimate of drug-likeness (QED) is 0.845. The second-order valence-corrected chi connectivity index (χ2v) is 7.08. The van der Waals surface area contributed by atoms with Crippen LogP contribution < -0.4 is 4.90 Å². The summed E-state index contributed by atoms with van der Waals surface area (Å²) in [6, 6.07) is 0. The standard InChI is InChI=1S/C17H24N4O2/c22-16(10-14-2-3-14)21-8-9-23-17(13-21)4-1-7-20(12-17)15-11-18-5-6-19-15/h5-6,11,14H,1-4,7-10,12-13H2. The van der Waals surface area contributed by atoms with Gasteiger partial charge >= 0.3 is 0 Å². The molecule has 6 heteroatoms. The molecule has 0 bridgehead atoms. The zero-order chi connectivity index (χ0) is 15.7. The fourth-order valence-corrected chi connectivity index (χ4v) is 3.75. The number of carbonyl (C=O) groups excluding carboxylic acids is 1. The number of piperidine rings is 1. The van der Waals surface area contributed by atoms with Crippen molar-refractivity contribution in [1.82, 2.24) is 14.9 Å². The molecule has 0 N–H and O–H groups in total. The Labute approximate surface area is 136 Å². The molecule has 1 unspecified atom stereocenters. The van der Waals surface area contributed by atoms with Crippen molar-refractivity contribution in [3.8, 4) is 0 Å². The summed E-state index contributed by atoms with van der Waals surface area (Å²) in [6.07, 6.45) is 10.5. The molecule has 124 valence electrons. The van der Waals surface area contributed by atoms with Crippen LogP contribution in [0.3, 0.4) is 0 Å². The third kappa shape index (κ3) is 3.32. The van der Waals surface area contributed by atoms with E-state index in [1.54, 1.807) is 18.6 Å². The predicted octanol–water partition coefficient (Wildman–Crippen LogP) is 1.47. The Hall–Kier alpha value is -1.69. The van der Waals surface area contributed by atoms with E-state index in [0.29, 0.717) is 18.4 Å². The number of ether oxygens (including phenoxy) is 1. The van der Waals surface area contributed by atoms with Crippen molar-refractivity contribution in [2.24, 2.45) is 5.92 Å². The van der Waals surface area contributed by atoms with Gasteiger partial charge in [0.05, 0.1) is 25.9 Å². The van der Waals surface area contributed by atoms with Crippen LogP contribution in [0, 0.1) is 5.92 Å². The number of anilines is 1. The van der Waals surface area contributed by atoms with Gasteiger partial charge in [-0.15, -0.1) is 0 Å².